The summed E-state index contributed by atoms with van der Waals surface area (Å²) in [5.74, 6) is -2.40. The van der Waals surface area contributed by atoms with E-state index in [4.69, 9.17) is 11.6 Å². The Labute approximate surface area is 155 Å². The highest BCUT2D eigenvalue weighted by Crippen LogP contribution is 2.28. The van der Waals surface area contributed by atoms with Gasteiger partial charge in [-0.2, -0.15) is 0 Å². The van der Waals surface area contributed by atoms with Gasteiger partial charge in [-0.3, -0.25) is 9.59 Å². The van der Waals surface area contributed by atoms with Crippen molar-refractivity contribution in [2.24, 2.45) is 0 Å². The van der Waals surface area contributed by atoms with Crippen molar-refractivity contribution >= 4 is 29.1 Å². The lowest BCUT2D eigenvalue weighted by Gasteiger charge is -2.33. The van der Waals surface area contributed by atoms with Gasteiger partial charge in [0.15, 0.2) is 0 Å². The van der Waals surface area contributed by atoms with Gasteiger partial charge in [0.25, 0.3) is 0 Å². The molecule has 1 unspecified atom stereocenters. The summed E-state index contributed by atoms with van der Waals surface area (Å²) < 4.78 is 13.1. The number of amides is 2. The molecule has 0 bridgehead atoms. The molecule has 7 heteroatoms. The van der Waals surface area contributed by atoms with E-state index in [1.807, 2.05) is 24.3 Å². The van der Waals surface area contributed by atoms with Crippen molar-refractivity contribution in [2.45, 2.75) is 24.9 Å². The number of carbonyl (C=O) groups excluding carboxylic acids is 2. The first-order chi connectivity index (χ1) is 12.4. The van der Waals surface area contributed by atoms with Crippen molar-refractivity contribution in [1.82, 2.24) is 5.32 Å². The third-order valence-electron chi connectivity index (χ3n) is 4.46. The van der Waals surface area contributed by atoms with Crippen LogP contribution in [-0.4, -0.2) is 29.1 Å². The minimum absolute atomic E-state index is 0.0300. The summed E-state index contributed by atoms with van der Waals surface area (Å²) in [4.78, 5) is 23.9. The molecule has 2 aromatic carbocycles. The van der Waals surface area contributed by atoms with Crippen LogP contribution in [-0.2, 0) is 22.4 Å². The number of hydrogen-bond donors (Lipinski definition) is 3. The molecule has 3 rings (SSSR count). The molecule has 3 N–H and O–H groups in total. The summed E-state index contributed by atoms with van der Waals surface area (Å²) in [7, 11) is 0. The maximum atomic E-state index is 13.1. The number of nitrogens with one attached hydrogen (secondary N) is 2. The second-order valence-corrected chi connectivity index (χ2v) is 6.84. The maximum absolute atomic E-state index is 13.1. The Morgan fingerprint density at radius 1 is 1.15 bits per heavy atom. The molecule has 0 saturated carbocycles. The largest absolute Gasteiger partial charge is 0.388 e. The Kier molecular flexibility index (Phi) is 5.25. The molecule has 136 valence electrons. The third kappa shape index (κ3) is 4.20. The Morgan fingerprint density at radius 2 is 1.88 bits per heavy atom. The van der Waals surface area contributed by atoms with Gasteiger partial charge >= 0.3 is 11.8 Å². The molecule has 2 amide bonds. The molecule has 0 saturated heterocycles. The number of hydrogen-bond acceptors (Lipinski definition) is 3. The van der Waals surface area contributed by atoms with Gasteiger partial charge in [0.1, 0.15) is 5.82 Å². The van der Waals surface area contributed by atoms with Crippen molar-refractivity contribution in [3.05, 3.63) is 64.4 Å². The van der Waals surface area contributed by atoms with Crippen LogP contribution in [0.4, 0.5) is 10.1 Å². The summed E-state index contributed by atoms with van der Waals surface area (Å²) in [6.07, 6.45) is 1.63. The average molecular weight is 377 g/mol. The van der Waals surface area contributed by atoms with E-state index in [0.29, 0.717) is 19.3 Å². The van der Waals surface area contributed by atoms with E-state index in [1.54, 1.807) is 0 Å². The minimum atomic E-state index is -1.09. The lowest BCUT2D eigenvalue weighted by molar-refractivity contribution is -0.136. The van der Waals surface area contributed by atoms with Gasteiger partial charge in [0, 0.05) is 18.7 Å². The molecule has 0 aliphatic heterocycles. The van der Waals surface area contributed by atoms with Gasteiger partial charge in [-0.15, -0.1) is 0 Å². The summed E-state index contributed by atoms with van der Waals surface area (Å²) >= 11 is 5.64. The summed E-state index contributed by atoms with van der Waals surface area (Å²) in [5, 5.41) is 15.3. The van der Waals surface area contributed by atoms with Crippen molar-refractivity contribution in [3.8, 4) is 0 Å². The van der Waals surface area contributed by atoms with Crippen LogP contribution >= 0.6 is 11.6 Å². The first-order valence-electron chi connectivity index (χ1n) is 8.20. The number of aliphatic hydroxyl groups is 1. The number of rotatable bonds is 3. The van der Waals surface area contributed by atoms with E-state index in [2.05, 4.69) is 10.6 Å². The SMILES string of the molecule is O=C(NCC1(O)CCc2ccccc2C1)C(=O)Nc1ccc(F)c(Cl)c1. The quantitative estimate of drug-likeness (QED) is 0.720. The van der Waals surface area contributed by atoms with E-state index >= 15 is 0 Å². The standard InChI is InChI=1S/C19H18ClFN2O3/c20-15-9-14(5-6-16(15)21)23-18(25)17(24)22-11-19(26)8-7-12-3-1-2-4-13(12)10-19/h1-6,9,26H,7-8,10-11H2,(H,22,24)(H,23,25). The fourth-order valence-corrected chi connectivity index (χ4v) is 3.20. The first-order valence-corrected chi connectivity index (χ1v) is 8.57. The Morgan fingerprint density at radius 3 is 2.62 bits per heavy atom. The maximum Gasteiger partial charge on any atom is 0.313 e. The van der Waals surface area contributed by atoms with E-state index in [9.17, 15) is 19.1 Å². The highest BCUT2D eigenvalue weighted by atomic mass is 35.5. The number of halogens is 2. The van der Waals surface area contributed by atoms with Crippen LogP contribution in [0.2, 0.25) is 5.02 Å². The van der Waals surface area contributed by atoms with Crippen molar-refractivity contribution < 1.29 is 19.1 Å². The lowest BCUT2D eigenvalue weighted by atomic mass is 9.80. The molecule has 26 heavy (non-hydrogen) atoms. The molecule has 1 atom stereocenters. The van der Waals surface area contributed by atoms with Crippen molar-refractivity contribution in [1.29, 1.82) is 0 Å². The Hall–Kier alpha value is -2.44. The monoisotopic (exact) mass is 376 g/mol. The normalized spacial score (nSPS) is 18.7. The fourth-order valence-electron chi connectivity index (χ4n) is 3.02. The summed E-state index contributed by atoms with van der Waals surface area (Å²) in [6.45, 7) is -0.0300. The summed E-state index contributed by atoms with van der Waals surface area (Å²) in [6, 6.07) is 11.5. The zero-order valence-electron chi connectivity index (χ0n) is 13.9. The van der Waals surface area contributed by atoms with Crippen LogP contribution in [0.25, 0.3) is 0 Å². The Balaban J connectivity index is 1.56. The number of benzene rings is 2. The van der Waals surface area contributed by atoms with Gasteiger partial charge in [-0.25, -0.2) is 4.39 Å². The van der Waals surface area contributed by atoms with E-state index in [-0.39, 0.29) is 17.3 Å². The lowest BCUT2D eigenvalue weighted by Crippen LogP contribution is -2.49. The zero-order valence-corrected chi connectivity index (χ0v) is 14.6. The zero-order chi connectivity index (χ0) is 18.7. The molecule has 1 aliphatic rings. The number of carbonyl (C=O) groups is 2. The second-order valence-electron chi connectivity index (χ2n) is 6.44. The van der Waals surface area contributed by atoms with Crippen LogP contribution in [0.5, 0.6) is 0 Å². The Bertz CT molecular complexity index is 858. The molecule has 0 heterocycles. The van der Waals surface area contributed by atoms with Crippen LogP contribution in [0.1, 0.15) is 17.5 Å². The van der Waals surface area contributed by atoms with Crippen LogP contribution in [0, 0.1) is 5.82 Å². The van der Waals surface area contributed by atoms with Gasteiger partial charge in [-0.05, 0) is 42.2 Å². The van der Waals surface area contributed by atoms with Gasteiger partial charge in [-0.1, -0.05) is 35.9 Å². The van der Waals surface area contributed by atoms with Crippen molar-refractivity contribution in [2.75, 3.05) is 11.9 Å². The van der Waals surface area contributed by atoms with E-state index < -0.39 is 23.2 Å². The van der Waals surface area contributed by atoms with E-state index in [0.717, 1.165) is 11.6 Å². The molecule has 1 aliphatic carbocycles. The molecule has 0 radical (unpaired) electrons. The van der Waals surface area contributed by atoms with Crippen molar-refractivity contribution in [3.63, 3.8) is 0 Å². The number of aryl methyl sites for hydroxylation is 1. The minimum Gasteiger partial charge on any atom is -0.388 e. The number of anilines is 1. The molecule has 2 aromatic rings. The molecular weight excluding hydrogens is 359 g/mol. The summed E-state index contributed by atoms with van der Waals surface area (Å²) in [5.41, 5.74) is 1.35. The highest BCUT2D eigenvalue weighted by Gasteiger charge is 2.32. The molecule has 5 nitrogen and oxygen atoms in total. The highest BCUT2D eigenvalue weighted by molar-refractivity contribution is 6.39. The molecule has 0 fully saturated rings. The predicted octanol–water partition coefficient (Wildman–Crippen LogP) is 2.45. The second kappa shape index (κ2) is 7.43. The van der Waals surface area contributed by atoms with E-state index in [1.165, 1.54) is 17.7 Å². The first kappa shape index (κ1) is 18.4. The van der Waals surface area contributed by atoms with Gasteiger partial charge in [0.2, 0.25) is 0 Å². The molecule has 0 spiro atoms. The van der Waals surface area contributed by atoms with Crippen LogP contribution in [0.15, 0.2) is 42.5 Å². The predicted molar refractivity (Wildman–Crippen MR) is 96.5 cm³/mol. The number of fused-ring (bicyclic) bond motifs is 1. The fraction of sp³-hybridized carbons (Fsp3) is 0.263. The third-order valence-corrected chi connectivity index (χ3v) is 4.75. The van der Waals surface area contributed by atoms with Crippen LogP contribution in [0.3, 0.4) is 0 Å². The van der Waals surface area contributed by atoms with Gasteiger partial charge < -0.3 is 15.7 Å². The topological polar surface area (TPSA) is 78.4 Å². The molecular formula is C19H18ClFN2O3. The molecule has 0 aromatic heterocycles. The smallest absolute Gasteiger partial charge is 0.313 e. The van der Waals surface area contributed by atoms with Gasteiger partial charge in [0.05, 0.1) is 10.6 Å². The van der Waals surface area contributed by atoms with Crippen LogP contribution < -0.4 is 10.6 Å². The average Bonchev–Trinajstić information content (AvgIpc) is 2.62.